The SMILES string of the molecule is CONC(=O)C12CCC(C)(C)CC1C1C(=O)CC3C4(C)C=C(C#N)C(=O)C(C)(C)C4CCC3(C)C1(C)CC2. The summed E-state index contributed by atoms with van der Waals surface area (Å²) in [6.45, 7) is 15.5. The van der Waals surface area contributed by atoms with Crippen LogP contribution in [0, 0.1) is 67.5 Å². The van der Waals surface area contributed by atoms with Crippen LogP contribution in [0.3, 0.4) is 0 Å². The molecule has 38 heavy (non-hydrogen) atoms. The van der Waals surface area contributed by atoms with Crippen molar-refractivity contribution in [2.24, 2.45) is 56.2 Å². The Balaban J connectivity index is 1.63. The molecule has 5 aliphatic carbocycles. The molecule has 0 bridgehead atoms. The summed E-state index contributed by atoms with van der Waals surface area (Å²) in [7, 11) is 1.49. The summed E-state index contributed by atoms with van der Waals surface area (Å²) in [5, 5.41) is 9.90. The molecular weight excluding hydrogens is 476 g/mol. The first kappa shape index (κ1) is 27.6. The summed E-state index contributed by atoms with van der Waals surface area (Å²) in [5.41, 5.74) is 0.963. The second-order valence-corrected chi connectivity index (χ2v) is 15.5. The van der Waals surface area contributed by atoms with Gasteiger partial charge in [-0.15, -0.1) is 0 Å². The molecule has 208 valence electrons. The van der Waals surface area contributed by atoms with Gasteiger partial charge >= 0.3 is 0 Å². The lowest BCUT2D eigenvalue weighted by Crippen LogP contribution is -2.69. The van der Waals surface area contributed by atoms with Crippen molar-refractivity contribution in [1.82, 2.24) is 5.48 Å². The van der Waals surface area contributed by atoms with Crippen LogP contribution >= 0.6 is 0 Å². The fraction of sp³-hybridized carbons (Fsp3) is 0.812. The Morgan fingerprint density at radius 3 is 2.26 bits per heavy atom. The normalized spacial score (nSPS) is 46.9. The molecule has 0 saturated heterocycles. The number of rotatable bonds is 2. The molecule has 0 aromatic carbocycles. The number of nitrogens with one attached hydrogen (secondary N) is 1. The van der Waals surface area contributed by atoms with E-state index < -0.39 is 16.2 Å². The number of hydrogen-bond donors (Lipinski definition) is 1. The lowest BCUT2D eigenvalue weighted by atomic mass is 9.31. The topological polar surface area (TPSA) is 96.3 Å². The number of amides is 1. The van der Waals surface area contributed by atoms with Gasteiger partial charge in [-0.05, 0) is 84.4 Å². The van der Waals surface area contributed by atoms with Gasteiger partial charge in [0, 0.05) is 17.8 Å². The Morgan fingerprint density at radius 1 is 0.974 bits per heavy atom. The quantitative estimate of drug-likeness (QED) is 0.451. The molecule has 4 fully saturated rings. The third-order valence-electron chi connectivity index (χ3n) is 13.1. The molecule has 5 rings (SSSR count). The number of hydroxylamine groups is 1. The first-order valence-corrected chi connectivity index (χ1v) is 14.6. The van der Waals surface area contributed by atoms with Gasteiger partial charge in [0.25, 0.3) is 0 Å². The van der Waals surface area contributed by atoms with Gasteiger partial charge in [0.15, 0.2) is 5.78 Å². The van der Waals surface area contributed by atoms with Crippen LogP contribution in [0.4, 0.5) is 0 Å². The van der Waals surface area contributed by atoms with E-state index >= 15 is 0 Å². The molecule has 6 nitrogen and oxygen atoms in total. The first-order chi connectivity index (χ1) is 17.5. The molecule has 0 aliphatic heterocycles. The number of Topliss-reactive ketones (excluding diaryl/α,β-unsaturated/α-hetero) is 2. The Bertz CT molecular complexity index is 1160. The molecule has 0 heterocycles. The lowest BCUT2D eigenvalue weighted by Gasteiger charge is -2.71. The van der Waals surface area contributed by atoms with Crippen LogP contribution < -0.4 is 5.48 Å². The molecule has 0 spiro atoms. The third-order valence-corrected chi connectivity index (χ3v) is 13.1. The summed E-state index contributed by atoms with van der Waals surface area (Å²) in [6.07, 6.45) is 8.44. The molecule has 8 unspecified atom stereocenters. The van der Waals surface area contributed by atoms with Crippen LogP contribution in [0.5, 0.6) is 0 Å². The van der Waals surface area contributed by atoms with Gasteiger partial charge in [-0.2, -0.15) is 5.26 Å². The maximum absolute atomic E-state index is 14.5. The minimum absolute atomic E-state index is 0.0226. The highest BCUT2D eigenvalue weighted by molar-refractivity contribution is 6.04. The molecule has 1 N–H and O–H groups in total. The average Bonchev–Trinajstić information content (AvgIpc) is 2.82. The van der Waals surface area contributed by atoms with Gasteiger partial charge in [-0.3, -0.25) is 19.2 Å². The summed E-state index contributed by atoms with van der Waals surface area (Å²) < 4.78 is 0. The average molecular weight is 523 g/mol. The van der Waals surface area contributed by atoms with Crippen molar-refractivity contribution in [3.8, 4) is 6.07 Å². The Hall–Kier alpha value is -2.00. The zero-order valence-electron chi connectivity index (χ0n) is 24.6. The van der Waals surface area contributed by atoms with Crippen LogP contribution in [0.1, 0.15) is 99.8 Å². The molecule has 5 aliphatic rings. The molecule has 6 heteroatoms. The highest BCUT2D eigenvalue weighted by Crippen LogP contribution is 2.75. The van der Waals surface area contributed by atoms with Crippen LogP contribution in [0.15, 0.2) is 11.6 Å². The summed E-state index contributed by atoms with van der Waals surface area (Å²) >= 11 is 0. The largest absolute Gasteiger partial charge is 0.299 e. The highest BCUT2D eigenvalue weighted by Gasteiger charge is 2.73. The van der Waals surface area contributed by atoms with Crippen LogP contribution in [-0.2, 0) is 19.2 Å². The predicted octanol–water partition coefficient (Wildman–Crippen LogP) is 5.96. The monoisotopic (exact) mass is 522 g/mol. The van der Waals surface area contributed by atoms with Crippen LogP contribution in [-0.4, -0.2) is 24.6 Å². The summed E-state index contributed by atoms with van der Waals surface area (Å²) in [6, 6.07) is 2.20. The Labute approximate surface area is 228 Å². The van der Waals surface area contributed by atoms with Crippen molar-refractivity contribution in [3.63, 3.8) is 0 Å². The van der Waals surface area contributed by atoms with Gasteiger partial charge in [-0.25, -0.2) is 5.48 Å². The molecular formula is C32H46N2O4. The number of carbonyl (C=O) groups is 3. The molecule has 0 radical (unpaired) electrons. The van der Waals surface area contributed by atoms with Crippen molar-refractivity contribution in [2.45, 2.75) is 99.8 Å². The molecule has 0 aromatic heterocycles. The molecule has 1 amide bonds. The fourth-order valence-corrected chi connectivity index (χ4v) is 10.9. The number of fused-ring (bicyclic) bond motifs is 7. The number of ketones is 2. The van der Waals surface area contributed by atoms with E-state index in [2.05, 4.69) is 46.2 Å². The minimum Gasteiger partial charge on any atom is -0.299 e. The number of nitriles is 1. The molecule has 4 saturated carbocycles. The van der Waals surface area contributed by atoms with E-state index in [-0.39, 0.29) is 63.0 Å². The Morgan fingerprint density at radius 2 is 1.63 bits per heavy atom. The van der Waals surface area contributed by atoms with Gasteiger partial charge in [0.2, 0.25) is 5.91 Å². The van der Waals surface area contributed by atoms with Gasteiger partial charge < -0.3 is 0 Å². The van der Waals surface area contributed by atoms with Crippen LogP contribution in [0.2, 0.25) is 0 Å². The van der Waals surface area contributed by atoms with E-state index in [1.54, 1.807) is 0 Å². The second-order valence-electron chi connectivity index (χ2n) is 15.5. The van der Waals surface area contributed by atoms with E-state index in [4.69, 9.17) is 4.84 Å². The summed E-state index contributed by atoms with van der Waals surface area (Å²) in [4.78, 5) is 46.5. The number of carbonyl (C=O) groups excluding carboxylic acids is 3. The Kier molecular flexibility index (Phi) is 5.99. The first-order valence-electron chi connectivity index (χ1n) is 14.6. The van der Waals surface area contributed by atoms with Crippen molar-refractivity contribution >= 4 is 17.5 Å². The fourth-order valence-electron chi connectivity index (χ4n) is 10.9. The van der Waals surface area contributed by atoms with Gasteiger partial charge in [-0.1, -0.05) is 54.5 Å². The minimum atomic E-state index is -0.635. The van der Waals surface area contributed by atoms with Crippen molar-refractivity contribution in [2.75, 3.05) is 7.11 Å². The third kappa shape index (κ3) is 3.30. The van der Waals surface area contributed by atoms with E-state index in [0.717, 1.165) is 44.9 Å². The zero-order chi connectivity index (χ0) is 28.1. The smallest absolute Gasteiger partial charge is 0.250 e. The van der Waals surface area contributed by atoms with Gasteiger partial charge in [0.05, 0.1) is 18.1 Å². The van der Waals surface area contributed by atoms with E-state index in [1.807, 2.05) is 19.9 Å². The van der Waals surface area contributed by atoms with Gasteiger partial charge in [0.1, 0.15) is 11.9 Å². The van der Waals surface area contributed by atoms with Crippen molar-refractivity contribution < 1.29 is 19.2 Å². The van der Waals surface area contributed by atoms with Crippen molar-refractivity contribution in [1.29, 1.82) is 5.26 Å². The predicted molar refractivity (Wildman–Crippen MR) is 144 cm³/mol. The number of hydrogen-bond acceptors (Lipinski definition) is 5. The number of nitrogens with zero attached hydrogens (tertiary/aromatic N) is 1. The number of allylic oxidation sites excluding steroid dienone is 2. The zero-order valence-corrected chi connectivity index (χ0v) is 24.6. The van der Waals surface area contributed by atoms with Crippen molar-refractivity contribution in [3.05, 3.63) is 11.6 Å². The molecule has 8 atom stereocenters. The lowest BCUT2D eigenvalue weighted by molar-refractivity contribution is -0.223. The standard InChI is InChI=1S/C32H46N2O4/c1-27(2)11-13-32(26(37)34-38-8)14-12-31(7)24(20(32)17-27)21(35)15-23-29(5)16-19(18-33)25(36)28(3,4)22(29)9-10-30(23,31)6/h16,20,22-24H,9-15,17H2,1-8H3,(H,34,37). The van der Waals surface area contributed by atoms with E-state index in [0.29, 0.717) is 6.42 Å². The van der Waals surface area contributed by atoms with Crippen LogP contribution in [0.25, 0.3) is 0 Å². The highest BCUT2D eigenvalue weighted by atomic mass is 16.6. The summed E-state index contributed by atoms with van der Waals surface area (Å²) in [5.74, 6) is 0.0868. The van der Waals surface area contributed by atoms with E-state index in [9.17, 15) is 19.6 Å². The second kappa shape index (κ2) is 8.26. The maximum atomic E-state index is 14.5. The molecule has 0 aromatic rings. The van der Waals surface area contributed by atoms with E-state index in [1.165, 1.54) is 7.11 Å². The maximum Gasteiger partial charge on any atom is 0.250 e.